The lowest BCUT2D eigenvalue weighted by molar-refractivity contribution is -0.138. The molecule has 0 spiro atoms. The minimum absolute atomic E-state index is 0.0669. The van der Waals surface area contributed by atoms with Crippen LogP contribution in [0.25, 0.3) is 0 Å². The van der Waals surface area contributed by atoms with Gasteiger partial charge in [0.05, 0.1) is 12.7 Å². The molecule has 2 aromatic carbocycles. The highest BCUT2D eigenvalue weighted by Gasteiger charge is 2.51. The SMILES string of the molecule is COc1ccc(Oc2ccc(CNC(=O)C3(NC(=O)c4cnc(SC)nc4)CC3)cc2)c(C(F)(F)F)c1. The number of nitrogens with zero attached hydrogens (tertiary/aromatic N) is 2. The first-order valence-electron chi connectivity index (χ1n) is 11.1. The van der Waals surface area contributed by atoms with Crippen LogP contribution in [-0.2, 0) is 17.5 Å². The van der Waals surface area contributed by atoms with E-state index in [1.54, 1.807) is 12.1 Å². The van der Waals surface area contributed by atoms with E-state index in [2.05, 4.69) is 20.6 Å². The molecule has 194 valence electrons. The Morgan fingerprint density at radius 1 is 1.05 bits per heavy atom. The Kier molecular flexibility index (Phi) is 7.58. The van der Waals surface area contributed by atoms with E-state index in [9.17, 15) is 22.8 Å². The van der Waals surface area contributed by atoms with Crippen LogP contribution in [0.1, 0.15) is 34.3 Å². The van der Waals surface area contributed by atoms with Crippen molar-refractivity contribution in [2.45, 2.75) is 36.3 Å². The zero-order chi connectivity index (χ0) is 26.6. The van der Waals surface area contributed by atoms with E-state index in [0.29, 0.717) is 23.6 Å². The molecule has 1 saturated carbocycles. The van der Waals surface area contributed by atoms with Gasteiger partial charge in [-0.15, -0.1) is 0 Å². The third kappa shape index (κ3) is 6.31. The van der Waals surface area contributed by atoms with Gasteiger partial charge in [-0.3, -0.25) is 9.59 Å². The largest absolute Gasteiger partial charge is 0.497 e. The van der Waals surface area contributed by atoms with Gasteiger partial charge in [0, 0.05) is 18.9 Å². The predicted molar refractivity (Wildman–Crippen MR) is 130 cm³/mol. The number of methoxy groups -OCH3 is 1. The van der Waals surface area contributed by atoms with E-state index in [1.807, 2.05) is 6.26 Å². The average Bonchev–Trinajstić information content (AvgIpc) is 3.68. The predicted octanol–water partition coefficient (Wildman–Crippen LogP) is 4.60. The first-order valence-corrected chi connectivity index (χ1v) is 12.3. The number of ether oxygens (including phenoxy) is 2. The lowest BCUT2D eigenvalue weighted by Gasteiger charge is -2.17. The topological polar surface area (TPSA) is 102 Å². The van der Waals surface area contributed by atoms with Crippen molar-refractivity contribution in [1.82, 2.24) is 20.6 Å². The second-order valence-corrected chi connectivity index (χ2v) is 9.06. The summed E-state index contributed by atoms with van der Waals surface area (Å²) >= 11 is 1.35. The highest BCUT2D eigenvalue weighted by molar-refractivity contribution is 7.98. The number of rotatable bonds is 9. The molecule has 2 N–H and O–H groups in total. The zero-order valence-corrected chi connectivity index (χ0v) is 20.7. The number of thioether (sulfide) groups is 1. The third-order valence-electron chi connectivity index (χ3n) is 5.71. The fraction of sp³-hybridized carbons (Fsp3) is 0.280. The summed E-state index contributed by atoms with van der Waals surface area (Å²) in [5, 5.41) is 6.10. The van der Waals surface area contributed by atoms with Crippen LogP contribution in [0.5, 0.6) is 17.2 Å². The van der Waals surface area contributed by atoms with E-state index in [4.69, 9.17) is 9.47 Å². The molecule has 1 fully saturated rings. The van der Waals surface area contributed by atoms with E-state index >= 15 is 0 Å². The van der Waals surface area contributed by atoms with Crippen molar-refractivity contribution in [2.24, 2.45) is 0 Å². The van der Waals surface area contributed by atoms with Gasteiger partial charge in [0.1, 0.15) is 28.4 Å². The highest BCUT2D eigenvalue weighted by atomic mass is 32.2. The summed E-state index contributed by atoms with van der Waals surface area (Å²) in [6, 6.07) is 9.75. The number of carbonyl (C=O) groups is 2. The minimum Gasteiger partial charge on any atom is -0.497 e. The van der Waals surface area contributed by atoms with Crippen molar-refractivity contribution >= 4 is 23.6 Å². The van der Waals surface area contributed by atoms with Crippen LogP contribution in [0.4, 0.5) is 13.2 Å². The Labute approximate surface area is 215 Å². The molecule has 37 heavy (non-hydrogen) atoms. The molecular formula is C25H23F3N4O4S. The fourth-order valence-corrected chi connectivity index (χ4v) is 3.78. The Morgan fingerprint density at radius 2 is 1.70 bits per heavy atom. The maximum absolute atomic E-state index is 13.4. The molecular weight excluding hydrogens is 509 g/mol. The maximum atomic E-state index is 13.4. The molecule has 0 atom stereocenters. The first-order chi connectivity index (χ1) is 17.6. The molecule has 2 amide bonds. The smallest absolute Gasteiger partial charge is 0.420 e. The van der Waals surface area contributed by atoms with Gasteiger partial charge in [-0.05, 0) is 55.0 Å². The quantitative estimate of drug-likeness (QED) is 0.307. The normalized spacial score (nSPS) is 14.0. The molecule has 0 unspecified atom stereocenters. The minimum atomic E-state index is -4.62. The van der Waals surface area contributed by atoms with E-state index in [-0.39, 0.29) is 35.3 Å². The number of alkyl halides is 3. The number of carbonyl (C=O) groups excluding carboxylic acids is 2. The summed E-state index contributed by atoms with van der Waals surface area (Å²) in [6.07, 6.45) is 1.04. The molecule has 1 heterocycles. The molecule has 1 aliphatic carbocycles. The van der Waals surface area contributed by atoms with Crippen LogP contribution in [0.3, 0.4) is 0 Å². The van der Waals surface area contributed by atoms with Crippen molar-refractivity contribution in [1.29, 1.82) is 0 Å². The van der Waals surface area contributed by atoms with Crippen molar-refractivity contribution in [2.75, 3.05) is 13.4 Å². The summed E-state index contributed by atoms with van der Waals surface area (Å²) < 4.78 is 50.6. The van der Waals surface area contributed by atoms with Crippen molar-refractivity contribution in [3.05, 3.63) is 71.5 Å². The van der Waals surface area contributed by atoms with Gasteiger partial charge in [0.25, 0.3) is 5.91 Å². The second kappa shape index (κ2) is 10.7. The number of benzene rings is 2. The van der Waals surface area contributed by atoms with E-state index < -0.39 is 23.2 Å². The molecule has 0 bridgehead atoms. The van der Waals surface area contributed by atoms with Gasteiger partial charge < -0.3 is 20.1 Å². The lowest BCUT2D eigenvalue weighted by atomic mass is 10.1. The summed E-state index contributed by atoms with van der Waals surface area (Å²) in [7, 11) is 1.28. The van der Waals surface area contributed by atoms with Gasteiger partial charge in [0.15, 0.2) is 5.16 Å². The summed E-state index contributed by atoms with van der Waals surface area (Å²) in [6.45, 7) is 0.165. The Balaban J connectivity index is 1.34. The van der Waals surface area contributed by atoms with Crippen LogP contribution in [0.15, 0.2) is 60.0 Å². The molecule has 3 aromatic rings. The van der Waals surface area contributed by atoms with Crippen LogP contribution in [0, 0.1) is 0 Å². The Morgan fingerprint density at radius 3 is 2.27 bits per heavy atom. The Bertz CT molecular complexity index is 1280. The molecule has 0 aliphatic heterocycles. The monoisotopic (exact) mass is 532 g/mol. The van der Waals surface area contributed by atoms with Crippen LogP contribution < -0.4 is 20.1 Å². The number of aromatic nitrogens is 2. The van der Waals surface area contributed by atoms with E-state index in [1.165, 1.54) is 55.5 Å². The van der Waals surface area contributed by atoms with Gasteiger partial charge in [-0.25, -0.2) is 9.97 Å². The number of hydrogen-bond donors (Lipinski definition) is 2. The average molecular weight is 533 g/mol. The number of nitrogens with one attached hydrogen (secondary N) is 2. The molecule has 4 rings (SSSR count). The second-order valence-electron chi connectivity index (χ2n) is 8.28. The molecule has 1 aliphatic rings. The highest BCUT2D eigenvalue weighted by Crippen LogP contribution is 2.40. The lowest BCUT2D eigenvalue weighted by Crippen LogP contribution is -2.48. The van der Waals surface area contributed by atoms with Gasteiger partial charge >= 0.3 is 6.18 Å². The van der Waals surface area contributed by atoms with E-state index in [0.717, 1.165) is 6.07 Å². The molecule has 0 radical (unpaired) electrons. The number of amides is 2. The maximum Gasteiger partial charge on any atom is 0.420 e. The van der Waals surface area contributed by atoms with Crippen LogP contribution in [0.2, 0.25) is 0 Å². The van der Waals surface area contributed by atoms with Crippen molar-refractivity contribution in [3.63, 3.8) is 0 Å². The fourth-order valence-electron chi connectivity index (χ4n) is 3.46. The summed E-state index contributed by atoms with van der Waals surface area (Å²) in [5.74, 6) is -0.840. The van der Waals surface area contributed by atoms with Gasteiger partial charge in [0.2, 0.25) is 5.91 Å². The number of hydrogen-bond acceptors (Lipinski definition) is 7. The van der Waals surface area contributed by atoms with Crippen molar-refractivity contribution in [3.8, 4) is 17.2 Å². The summed E-state index contributed by atoms with van der Waals surface area (Å²) in [4.78, 5) is 33.4. The standard InChI is InChI=1S/C25H23F3N4O4S/c1-35-18-7-8-20(19(11-18)25(26,27)28)36-17-5-3-15(4-6-17)12-29-22(34)24(9-10-24)32-21(33)16-13-30-23(37-2)31-14-16/h3-8,11,13-14H,9-10,12H2,1-2H3,(H,29,34)(H,32,33). The van der Waals surface area contributed by atoms with Crippen LogP contribution >= 0.6 is 11.8 Å². The summed E-state index contributed by atoms with van der Waals surface area (Å²) in [5.41, 5.74) is -0.972. The third-order valence-corrected chi connectivity index (χ3v) is 6.28. The zero-order valence-electron chi connectivity index (χ0n) is 19.9. The van der Waals surface area contributed by atoms with Crippen molar-refractivity contribution < 1.29 is 32.2 Å². The molecule has 8 nitrogen and oxygen atoms in total. The molecule has 0 saturated heterocycles. The number of halogens is 3. The van der Waals surface area contributed by atoms with Gasteiger partial charge in [-0.1, -0.05) is 23.9 Å². The van der Waals surface area contributed by atoms with Crippen LogP contribution in [-0.4, -0.2) is 40.7 Å². The Hall–Kier alpha value is -3.80. The van der Waals surface area contributed by atoms with Gasteiger partial charge in [-0.2, -0.15) is 13.2 Å². The molecule has 12 heteroatoms. The molecule has 1 aromatic heterocycles. The first kappa shape index (κ1) is 26.3.